The normalized spacial score (nSPS) is 11.0. The number of hydrogen-bond donors (Lipinski definition) is 1. The van der Waals surface area contributed by atoms with Crippen molar-refractivity contribution in [3.05, 3.63) is 41.0 Å². The molecule has 0 bridgehead atoms. The van der Waals surface area contributed by atoms with E-state index in [1.807, 2.05) is 20.8 Å². The molecule has 4 nitrogen and oxygen atoms in total. The summed E-state index contributed by atoms with van der Waals surface area (Å²) >= 11 is 0. The van der Waals surface area contributed by atoms with Gasteiger partial charge in [0.05, 0.1) is 6.10 Å². The van der Waals surface area contributed by atoms with Gasteiger partial charge in [0.15, 0.2) is 5.78 Å². The predicted octanol–water partition coefficient (Wildman–Crippen LogP) is 2.91. The number of hydrogen-bond acceptors (Lipinski definition) is 3. The van der Waals surface area contributed by atoms with Crippen molar-refractivity contribution >= 4 is 11.8 Å². The zero-order valence-electron chi connectivity index (χ0n) is 11.6. The summed E-state index contributed by atoms with van der Waals surface area (Å²) in [4.78, 5) is 22.3. The molecule has 102 valence electrons. The van der Waals surface area contributed by atoms with Gasteiger partial charge in [-0.1, -0.05) is 0 Å². The highest BCUT2D eigenvalue weighted by atomic mass is 16.5. The second-order valence-corrected chi connectivity index (χ2v) is 4.64. The maximum Gasteiger partial charge on any atom is 0.328 e. The molecule has 0 radical (unpaired) electrons. The van der Waals surface area contributed by atoms with Crippen LogP contribution in [0.1, 0.15) is 35.3 Å². The highest BCUT2D eigenvalue weighted by Crippen LogP contribution is 2.24. The Kier molecular flexibility index (Phi) is 4.87. The molecule has 19 heavy (non-hydrogen) atoms. The van der Waals surface area contributed by atoms with E-state index in [-0.39, 0.29) is 11.9 Å². The van der Waals surface area contributed by atoms with Crippen LogP contribution in [0, 0.1) is 13.8 Å². The predicted molar refractivity (Wildman–Crippen MR) is 72.8 cm³/mol. The van der Waals surface area contributed by atoms with Crippen molar-refractivity contribution in [1.29, 1.82) is 0 Å². The molecule has 0 heterocycles. The first-order valence-electron chi connectivity index (χ1n) is 6.04. The third-order valence-electron chi connectivity index (χ3n) is 2.53. The average Bonchev–Trinajstić information content (AvgIpc) is 2.29. The Balaban J connectivity index is 3.08. The van der Waals surface area contributed by atoms with E-state index < -0.39 is 5.97 Å². The third-order valence-corrected chi connectivity index (χ3v) is 2.53. The lowest BCUT2D eigenvalue weighted by atomic mass is 10.0. The Hall–Kier alpha value is -2.10. The molecule has 0 aliphatic heterocycles. The van der Waals surface area contributed by atoms with Crippen LogP contribution in [0.3, 0.4) is 0 Å². The number of benzene rings is 1. The van der Waals surface area contributed by atoms with Crippen LogP contribution in [0.5, 0.6) is 5.75 Å². The van der Waals surface area contributed by atoms with Gasteiger partial charge in [-0.25, -0.2) is 4.79 Å². The number of aryl methyl sites for hydroxylation is 2. The number of rotatable bonds is 5. The number of carbonyl (C=O) groups is 2. The van der Waals surface area contributed by atoms with Crippen molar-refractivity contribution in [3.8, 4) is 5.75 Å². The highest BCUT2D eigenvalue weighted by Gasteiger charge is 2.11. The van der Waals surface area contributed by atoms with Gasteiger partial charge in [-0.15, -0.1) is 0 Å². The zero-order valence-corrected chi connectivity index (χ0v) is 11.6. The summed E-state index contributed by atoms with van der Waals surface area (Å²) in [6, 6.07) is 3.53. The molecule has 0 saturated heterocycles. The van der Waals surface area contributed by atoms with Crippen molar-refractivity contribution in [1.82, 2.24) is 0 Å². The van der Waals surface area contributed by atoms with Crippen LogP contribution in [0.4, 0.5) is 0 Å². The number of ether oxygens (including phenoxy) is 1. The lowest BCUT2D eigenvalue weighted by Crippen LogP contribution is -2.08. The smallest absolute Gasteiger partial charge is 0.328 e. The summed E-state index contributed by atoms with van der Waals surface area (Å²) in [5, 5.41) is 8.52. The fourth-order valence-corrected chi connectivity index (χ4v) is 1.67. The maximum atomic E-state index is 11.9. The zero-order chi connectivity index (χ0) is 14.6. The first kappa shape index (κ1) is 15.0. The quantitative estimate of drug-likeness (QED) is 0.654. The standard InChI is InChI=1S/C15H18O4/c1-9(2)19-14-8-10(3)12(7-11(14)4)13(16)5-6-15(17)18/h5-9H,1-4H3,(H,17,18)/b6-5+. The molecule has 0 saturated carbocycles. The van der Waals surface area contributed by atoms with E-state index in [0.29, 0.717) is 5.56 Å². The van der Waals surface area contributed by atoms with Crippen LogP contribution in [-0.2, 0) is 4.79 Å². The molecule has 0 unspecified atom stereocenters. The summed E-state index contributed by atoms with van der Waals surface area (Å²) < 4.78 is 5.64. The van der Waals surface area contributed by atoms with Crippen LogP contribution in [0.25, 0.3) is 0 Å². The first-order valence-corrected chi connectivity index (χ1v) is 6.04. The van der Waals surface area contributed by atoms with E-state index in [0.717, 1.165) is 29.0 Å². The van der Waals surface area contributed by atoms with Crippen molar-refractivity contribution in [2.45, 2.75) is 33.8 Å². The van der Waals surface area contributed by atoms with Gasteiger partial charge in [0.2, 0.25) is 0 Å². The number of ketones is 1. The van der Waals surface area contributed by atoms with Gasteiger partial charge in [0.25, 0.3) is 0 Å². The van der Waals surface area contributed by atoms with E-state index >= 15 is 0 Å². The molecule has 4 heteroatoms. The maximum absolute atomic E-state index is 11.9. The summed E-state index contributed by atoms with van der Waals surface area (Å²) in [5.74, 6) is -0.715. The molecular formula is C15H18O4. The second kappa shape index (κ2) is 6.18. The van der Waals surface area contributed by atoms with E-state index in [9.17, 15) is 9.59 Å². The largest absolute Gasteiger partial charge is 0.491 e. The van der Waals surface area contributed by atoms with Gasteiger partial charge >= 0.3 is 5.97 Å². The highest BCUT2D eigenvalue weighted by molar-refractivity contribution is 6.07. The average molecular weight is 262 g/mol. The van der Waals surface area contributed by atoms with E-state index in [2.05, 4.69) is 0 Å². The Bertz CT molecular complexity index is 527. The molecule has 0 aliphatic rings. The summed E-state index contributed by atoms with van der Waals surface area (Å²) in [6.45, 7) is 7.52. The van der Waals surface area contributed by atoms with Crippen LogP contribution in [0.15, 0.2) is 24.3 Å². The molecule has 0 fully saturated rings. The van der Waals surface area contributed by atoms with E-state index in [1.165, 1.54) is 0 Å². The summed E-state index contributed by atoms with van der Waals surface area (Å²) in [7, 11) is 0. The summed E-state index contributed by atoms with van der Waals surface area (Å²) in [6.07, 6.45) is 1.97. The second-order valence-electron chi connectivity index (χ2n) is 4.64. The van der Waals surface area contributed by atoms with Gasteiger partial charge < -0.3 is 9.84 Å². The Morgan fingerprint density at radius 3 is 2.32 bits per heavy atom. The minimum Gasteiger partial charge on any atom is -0.491 e. The SMILES string of the molecule is Cc1cc(C(=O)/C=C/C(=O)O)c(C)cc1OC(C)C. The van der Waals surface area contributed by atoms with Gasteiger partial charge in [0, 0.05) is 11.6 Å². The molecule has 0 aromatic heterocycles. The molecular weight excluding hydrogens is 244 g/mol. The van der Waals surface area contributed by atoms with Gasteiger partial charge in [-0.05, 0) is 57.0 Å². The van der Waals surface area contributed by atoms with E-state index in [1.54, 1.807) is 19.1 Å². The molecule has 1 N–H and O–H groups in total. The lowest BCUT2D eigenvalue weighted by Gasteiger charge is -2.14. The Morgan fingerprint density at radius 1 is 1.16 bits per heavy atom. The number of aliphatic carboxylic acids is 1. The summed E-state index contributed by atoms with van der Waals surface area (Å²) in [5.41, 5.74) is 2.11. The Labute approximate surface area is 112 Å². The van der Waals surface area contributed by atoms with Crippen molar-refractivity contribution < 1.29 is 19.4 Å². The number of carboxylic acids is 1. The number of allylic oxidation sites excluding steroid dienone is 1. The number of carboxylic acid groups (broad SMARTS) is 1. The molecule has 0 aliphatic carbocycles. The van der Waals surface area contributed by atoms with Crippen molar-refractivity contribution in [2.24, 2.45) is 0 Å². The van der Waals surface area contributed by atoms with Crippen LogP contribution >= 0.6 is 0 Å². The van der Waals surface area contributed by atoms with Gasteiger partial charge in [0.1, 0.15) is 5.75 Å². The fraction of sp³-hybridized carbons (Fsp3) is 0.333. The fourth-order valence-electron chi connectivity index (χ4n) is 1.67. The molecule has 1 rings (SSSR count). The third kappa shape index (κ3) is 4.25. The molecule has 0 amide bonds. The van der Waals surface area contributed by atoms with Gasteiger partial charge in [-0.3, -0.25) is 4.79 Å². The topological polar surface area (TPSA) is 63.6 Å². The molecule has 0 spiro atoms. The number of carbonyl (C=O) groups excluding carboxylic acids is 1. The monoisotopic (exact) mass is 262 g/mol. The lowest BCUT2D eigenvalue weighted by molar-refractivity contribution is -0.131. The Morgan fingerprint density at radius 2 is 1.79 bits per heavy atom. The van der Waals surface area contributed by atoms with Crippen LogP contribution in [-0.4, -0.2) is 23.0 Å². The van der Waals surface area contributed by atoms with Crippen LogP contribution in [0.2, 0.25) is 0 Å². The van der Waals surface area contributed by atoms with Crippen molar-refractivity contribution in [2.75, 3.05) is 0 Å². The molecule has 1 aromatic carbocycles. The molecule has 0 atom stereocenters. The van der Waals surface area contributed by atoms with Crippen molar-refractivity contribution in [3.63, 3.8) is 0 Å². The van der Waals surface area contributed by atoms with E-state index in [4.69, 9.17) is 9.84 Å². The van der Waals surface area contributed by atoms with Crippen LogP contribution < -0.4 is 4.74 Å². The minimum atomic E-state index is -1.14. The molecule has 1 aromatic rings. The first-order chi connectivity index (χ1) is 8.81. The van der Waals surface area contributed by atoms with Gasteiger partial charge in [-0.2, -0.15) is 0 Å². The minimum absolute atomic E-state index is 0.0616.